The molecule has 3 N–H and O–H groups in total. The molecule has 0 aliphatic carbocycles. The van der Waals surface area contributed by atoms with Gasteiger partial charge in [0.05, 0.1) is 26.4 Å². The van der Waals surface area contributed by atoms with Crippen LogP contribution in [0.25, 0.3) is 0 Å². The summed E-state index contributed by atoms with van der Waals surface area (Å²) in [5, 5.41) is 10.6. The van der Waals surface area contributed by atoms with E-state index in [4.69, 9.17) is 37.0 Å². The van der Waals surface area contributed by atoms with Gasteiger partial charge in [-0.3, -0.25) is 37.3 Å². The van der Waals surface area contributed by atoms with E-state index in [1.807, 2.05) is 0 Å². The molecule has 100 heavy (non-hydrogen) atoms. The van der Waals surface area contributed by atoms with E-state index in [1.165, 1.54) is 193 Å². The SMILES string of the molecule is CCCCC/C=C\C/C=C\CCCCCCCC(=O)O[C@H](COC(=O)CCCCCCCCCCCCCCC)COP(=O)(O)OC[C@@H](O)COP(=O)(O)OC[C@@H](COC(=O)CCCCCCC/C=C\CCCCCCCC)OC(=O)CCCCCCCCCCCCCCCCCCC. The molecule has 0 aromatic rings. The van der Waals surface area contributed by atoms with Gasteiger partial charge in [-0.2, -0.15) is 0 Å². The number of rotatable bonds is 79. The number of ether oxygens (including phenoxy) is 4. The van der Waals surface area contributed by atoms with Crippen LogP contribution in [-0.4, -0.2) is 96.7 Å². The molecule has 0 heterocycles. The van der Waals surface area contributed by atoms with Gasteiger partial charge in [0.25, 0.3) is 0 Å². The molecule has 588 valence electrons. The molecule has 0 fully saturated rings. The van der Waals surface area contributed by atoms with Crippen molar-refractivity contribution in [3.8, 4) is 0 Å². The van der Waals surface area contributed by atoms with Crippen LogP contribution in [0.1, 0.15) is 400 Å². The Morgan fingerprint density at radius 1 is 0.280 bits per heavy atom. The van der Waals surface area contributed by atoms with Crippen LogP contribution in [0.5, 0.6) is 0 Å². The highest BCUT2D eigenvalue weighted by molar-refractivity contribution is 7.47. The minimum atomic E-state index is -4.97. The van der Waals surface area contributed by atoms with Crippen LogP contribution in [0.4, 0.5) is 0 Å². The Kier molecular flexibility index (Phi) is 72.5. The smallest absolute Gasteiger partial charge is 0.462 e. The summed E-state index contributed by atoms with van der Waals surface area (Å²) in [7, 11) is -9.94. The van der Waals surface area contributed by atoms with E-state index in [9.17, 15) is 43.2 Å². The lowest BCUT2D eigenvalue weighted by Crippen LogP contribution is -2.30. The van der Waals surface area contributed by atoms with Gasteiger partial charge in [-0.1, -0.05) is 327 Å². The molecule has 0 radical (unpaired) electrons. The summed E-state index contributed by atoms with van der Waals surface area (Å²) >= 11 is 0. The summed E-state index contributed by atoms with van der Waals surface area (Å²) in [6.45, 7) is 4.93. The maximum atomic E-state index is 13.1. The molecule has 19 heteroatoms. The van der Waals surface area contributed by atoms with Crippen molar-refractivity contribution >= 4 is 39.5 Å². The lowest BCUT2D eigenvalue weighted by Gasteiger charge is -2.21. The maximum absolute atomic E-state index is 13.1. The van der Waals surface area contributed by atoms with E-state index >= 15 is 0 Å². The topological polar surface area (TPSA) is 237 Å². The van der Waals surface area contributed by atoms with E-state index in [0.29, 0.717) is 25.7 Å². The van der Waals surface area contributed by atoms with Gasteiger partial charge in [-0.25, -0.2) is 9.13 Å². The number of allylic oxidation sites excluding steroid dienone is 6. The van der Waals surface area contributed by atoms with Crippen molar-refractivity contribution in [3.63, 3.8) is 0 Å². The van der Waals surface area contributed by atoms with E-state index in [2.05, 4.69) is 64.2 Å². The van der Waals surface area contributed by atoms with Gasteiger partial charge >= 0.3 is 39.5 Å². The fraction of sp³-hybridized carbons (Fsp3) is 0.877. The lowest BCUT2D eigenvalue weighted by atomic mass is 10.0. The molecule has 0 saturated heterocycles. The van der Waals surface area contributed by atoms with E-state index < -0.39 is 97.5 Å². The first-order valence-electron chi connectivity index (χ1n) is 41.2. The van der Waals surface area contributed by atoms with Crippen LogP contribution in [0, 0.1) is 0 Å². The predicted octanol–water partition coefficient (Wildman–Crippen LogP) is 23.9. The zero-order valence-electron chi connectivity index (χ0n) is 64.4. The number of aliphatic hydroxyl groups excluding tert-OH is 1. The van der Waals surface area contributed by atoms with Gasteiger partial charge in [-0.15, -0.1) is 0 Å². The minimum Gasteiger partial charge on any atom is -0.462 e. The number of esters is 4. The van der Waals surface area contributed by atoms with Crippen molar-refractivity contribution in [1.29, 1.82) is 0 Å². The summed E-state index contributed by atoms with van der Waals surface area (Å²) in [5.74, 6) is -2.15. The molecule has 0 bridgehead atoms. The monoisotopic (exact) mass is 1460 g/mol. The third kappa shape index (κ3) is 73.6. The molecule has 5 atom stereocenters. The Balaban J connectivity index is 5.31. The lowest BCUT2D eigenvalue weighted by molar-refractivity contribution is -0.161. The Morgan fingerprint density at radius 2 is 0.490 bits per heavy atom. The molecule has 0 aliphatic heterocycles. The molecule has 17 nitrogen and oxygen atoms in total. The summed E-state index contributed by atoms with van der Waals surface area (Å²) in [6, 6.07) is 0. The zero-order valence-corrected chi connectivity index (χ0v) is 66.2. The van der Waals surface area contributed by atoms with Gasteiger partial charge < -0.3 is 33.8 Å². The van der Waals surface area contributed by atoms with Gasteiger partial charge in [0.2, 0.25) is 0 Å². The van der Waals surface area contributed by atoms with Crippen LogP contribution < -0.4 is 0 Å². The standard InChI is InChI=1S/C81H152O17P2/c1-5-9-13-17-21-25-29-33-36-37-40-44-48-52-56-60-64-68-81(86)98-77(72-92-79(84)66-62-58-54-50-46-42-38-34-30-26-22-18-14-10-6-2)74-96-100(89,90)94-70-75(82)69-93-99(87,88)95-73-76(71-91-78(83)65-61-57-53-49-45-41-32-28-24-20-16-12-8-4)97-80(85)67-63-59-55-51-47-43-39-35-31-27-23-19-15-11-7-3/h23,27,34-35,38-39,75-77,82H,5-22,24-26,28-33,36-37,40-74H2,1-4H3,(H,87,88)(H,89,90)/b27-23-,38-34-,39-35-/t75-,76-,77-/m1/s1. The van der Waals surface area contributed by atoms with Gasteiger partial charge in [-0.05, 0) is 83.5 Å². The summed E-state index contributed by atoms with van der Waals surface area (Å²) in [5.41, 5.74) is 0. The molecule has 0 amide bonds. The van der Waals surface area contributed by atoms with Crippen LogP contribution in [0.2, 0.25) is 0 Å². The summed E-state index contributed by atoms with van der Waals surface area (Å²) in [6.07, 6.45) is 71.1. The Labute approximate surface area is 611 Å². The number of hydrogen-bond donors (Lipinski definition) is 3. The molecule has 0 spiro atoms. The predicted molar refractivity (Wildman–Crippen MR) is 409 cm³/mol. The third-order valence-corrected chi connectivity index (χ3v) is 20.0. The van der Waals surface area contributed by atoms with Crippen LogP contribution in [-0.2, 0) is 65.4 Å². The van der Waals surface area contributed by atoms with E-state index in [-0.39, 0.29) is 25.7 Å². The number of aliphatic hydroxyl groups is 1. The highest BCUT2D eigenvalue weighted by Crippen LogP contribution is 2.45. The first kappa shape index (κ1) is 97.3. The number of carbonyl (C=O) groups excluding carboxylic acids is 4. The molecule has 0 aromatic heterocycles. The van der Waals surface area contributed by atoms with Crippen molar-refractivity contribution in [3.05, 3.63) is 36.5 Å². The van der Waals surface area contributed by atoms with Crippen LogP contribution >= 0.6 is 15.6 Å². The quantitative estimate of drug-likeness (QED) is 0.0169. The molecular weight excluding hydrogens is 1310 g/mol. The van der Waals surface area contributed by atoms with Crippen molar-refractivity contribution in [2.24, 2.45) is 0 Å². The van der Waals surface area contributed by atoms with E-state index in [1.54, 1.807) is 0 Å². The van der Waals surface area contributed by atoms with Crippen molar-refractivity contribution < 1.29 is 80.2 Å². The Hall–Kier alpha value is -2.72. The van der Waals surface area contributed by atoms with Gasteiger partial charge in [0.1, 0.15) is 19.3 Å². The highest BCUT2D eigenvalue weighted by Gasteiger charge is 2.30. The second-order valence-electron chi connectivity index (χ2n) is 28.1. The Bertz CT molecular complexity index is 2040. The molecule has 0 saturated carbocycles. The zero-order chi connectivity index (χ0) is 73.2. The highest BCUT2D eigenvalue weighted by atomic mass is 31.2. The molecule has 0 aromatic carbocycles. The number of unbranched alkanes of at least 4 members (excludes halogenated alkanes) is 47. The molecular formula is C81H152O17P2. The normalized spacial score (nSPS) is 14.0. The van der Waals surface area contributed by atoms with Gasteiger partial charge in [0, 0.05) is 25.7 Å². The van der Waals surface area contributed by atoms with Crippen LogP contribution in [0.15, 0.2) is 36.5 Å². The number of phosphoric ester groups is 2. The third-order valence-electron chi connectivity index (χ3n) is 18.1. The minimum absolute atomic E-state index is 0.0863. The maximum Gasteiger partial charge on any atom is 0.472 e. The van der Waals surface area contributed by atoms with Gasteiger partial charge in [0.15, 0.2) is 12.2 Å². The molecule has 2 unspecified atom stereocenters. The largest absolute Gasteiger partial charge is 0.472 e. The molecule has 0 aliphatic rings. The van der Waals surface area contributed by atoms with Crippen LogP contribution in [0.3, 0.4) is 0 Å². The Morgan fingerprint density at radius 3 is 0.770 bits per heavy atom. The average molecular weight is 1460 g/mol. The second-order valence-corrected chi connectivity index (χ2v) is 31.0. The van der Waals surface area contributed by atoms with Crippen molar-refractivity contribution in [1.82, 2.24) is 0 Å². The first-order valence-corrected chi connectivity index (χ1v) is 44.2. The molecule has 0 rings (SSSR count). The van der Waals surface area contributed by atoms with E-state index in [0.717, 1.165) is 128 Å². The summed E-state index contributed by atoms with van der Waals surface area (Å²) < 4.78 is 68.7. The fourth-order valence-corrected chi connectivity index (χ4v) is 13.4. The van der Waals surface area contributed by atoms with Crippen molar-refractivity contribution in [2.75, 3.05) is 39.6 Å². The average Bonchev–Trinajstić information content (AvgIpc) is 0.938. The fourth-order valence-electron chi connectivity index (χ4n) is 11.8. The number of carbonyl (C=O) groups is 4. The summed E-state index contributed by atoms with van der Waals surface area (Å²) in [4.78, 5) is 73.0. The van der Waals surface area contributed by atoms with Crippen molar-refractivity contribution in [2.45, 2.75) is 418 Å². The number of hydrogen-bond acceptors (Lipinski definition) is 15. The first-order chi connectivity index (χ1) is 48.7. The second kappa shape index (κ2) is 74.5. The number of phosphoric acid groups is 2.